The summed E-state index contributed by atoms with van der Waals surface area (Å²) in [6, 6.07) is 3.31. The van der Waals surface area contributed by atoms with E-state index in [2.05, 4.69) is 12.0 Å². The molecule has 0 aliphatic rings. The zero-order valence-corrected chi connectivity index (χ0v) is 8.49. The predicted molar refractivity (Wildman–Crippen MR) is 53.3 cm³/mol. The third-order valence-electron chi connectivity index (χ3n) is 1.73. The largest absolute Gasteiger partial charge is 0.459 e. The summed E-state index contributed by atoms with van der Waals surface area (Å²) in [5, 5.41) is 0. The highest BCUT2D eigenvalue weighted by molar-refractivity contribution is 5.90. The molecule has 0 bridgehead atoms. The van der Waals surface area contributed by atoms with Gasteiger partial charge in [0.25, 0.3) is 0 Å². The molecule has 0 spiro atoms. The van der Waals surface area contributed by atoms with Crippen LogP contribution in [0.1, 0.15) is 10.6 Å². The van der Waals surface area contributed by atoms with Crippen molar-refractivity contribution in [3.63, 3.8) is 0 Å². The highest BCUT2D eigenvalue weighted by Crippen LogP contribution is 2.01. The van der Waals surface area contributed by atoms with Crippen LogP contribution < -0.4 is 5.43 Å². The van der Waals surface area contributed by atoms with E-state index >= 15 is 0 Å². The van der Waals surface area contributed by atoms with Crippen LogP contribution in [-0.2, 0) is 0 Å². The third-order valence-corrected chi connectivity index (χ3v) is 1.73. The van der Waals surface area contributed by atoms with Gasteiger partial charge in [-0.3, -0.25) is 4.79 Å². The molecule has 1 heterocycles. The van der Waals surface area contributed by atoms with Gasteiger partial charge in [-0.15, -0.1) is 0 Å². The van der Waals surface area contributed by atoms with Gasteiger partial charge in [-0.2, -0.15) is 5.43 Å². The number of carbonyl (C=O) groups is 1. The molecule has 1 amide bonds. The SMILES string of the molecule is C=CC[N+](C)(C)NC(=O)c1ccco1. The monoisotopic (exact) mass is 195 g/mol. The van der Waals surface area contributed by atoms with Crippen LogP contribution in [0.5, 0.6) is 0 Å². The molecule has 0 fully saturated rings. The second-order valence-corrected chi connectivity index (χ2v) is 3.57. The molecule has 0 radical (unpaired) electrons. The van der Waals surface area contributed by atoms with Gasteiger partial charge in [0.2, 0.25) is 0 Å². The Morgan fingerprint density at radius 2 is 2.43 bits per heavy atom. The molecule has 1 aromatic rings. The van der Waals surface area contributed by atoms with Crippen LogP contribution in [0.15, 0.2) is 35.5 Å². The third kappa shape index (κ3) is 2.74. The van der Waals surface area contributed by atoms with Crippen LogP contribution in [0.2, 0.25) is 0 Å². The Balaban J connectivity index is 2.61. The van der Waals surface area contributed by atoms with Crippen LogP contribution in [0.3, 0.4) is 0 Å². The van der Waals surface area contributed by atoms with Crippen LogP contribution in [-0.4, -0.2) is 31.1 Å². The number of hydrogen-bond acceptors (Lipinski definition) is 2. The zero-order valence-electron chi connectivity index (χ0n) is 8.49. The summed E-state index contributed by atoms with van der Waals surface area (Å²) in [6.07, 6.45) is 3.23. The highest BCUT2D eigenvalue weighted by atomic mass is 16.3. The summed E-state index contributed by atoms with van der Waals surface area (Å²) < 4.78 is 5.32. The average Bonchev–Trinajstić information content (AvgIpc) is 2.53. The normalized spacial score (nSPS) is 11.0. The van der Waals surface area contributed by atoms with E-state index in [-0.39, 0.29) is 5.91 Å². The number of rotatable bonds is 4. The molecule has 14 heavy (non-hydrogen) atoms. The first-order valence-electron chi connectivity index (χ1n) is 4.35. The van der Waals surface area contributed by atoms with E-state index in [0.29, 0.717) is 16.9 Å². The predicted octanol–water partition coefficient (Wildman–Crippen LogP) is 1.19. The van der Waals surface area contributed by atoms with E-state index in [0.717, 1.165) is 0 Å². The number of nitrogens with one attached hydrogen (secondary N) is 1. The van der Waals surface area contributed by atoms with Crippen molar-refractivity contribution in [3.05, 3.63) is 36.8 Å². The average molecular weight is 195 g/mol. The maximum Gasteiger partial charge on any atom is 0.331 e. The molecule has 0 saturated heterocycles. The molecule has 0 aliphatic carbocycles. The van der Waals surface area contributed by atoms with E-state index in [1.165, 1.54) is 6.26 Å². The molecule has 0 saturated carbocycles. The number of quaternary nitrogens is 1. The van der Waals surface area contributed by atoms with Crippen molar-refractivity contribution in [1.82, 2.24) is 5.43 Å². The summed E-state index contributed by atoms with van der Waals surface area (Å²) in [7, 11) is 3.76. The molecule has 76 valence electrons. The maximum atomic E-state index is 11.5. The minimum atomic E-state index is -0.221. The van der Waals surface area contributed by atoms with Gasteiger partial charge in [0.15, 0.2) is 5.76 Å². The number of nitrogens with zero attached hydrogens (tertiary/aromatic N) is 1. The number of hydrogen-bond donors (Lipinski definition) is 1. The molecule has 1 N–H and O–H groups in total. The topological polar surface area (TPSA) is 42.2 Å². The minimum absolute atomic E-state index is 0.221. The van der Waals surface area contributed by atoms with Crippen molar-refractivity contribution in [2.75, 3.05) is 20.6 Å². The maximum absolute atomic E-state index is 11.5. The highest BCUT2D eigenvalue weighted by Gasteiger charge is 2.19. The fourth-order valence-corrected chi connectivity index (χ4v) is 1.11. The van der Waals surface area contributed by atoms with Gasteiger partial charge in [-0.1, -0.05) is 6.58 Å². The van der Waals surface area contributed by atoms with Crippen LogP contribution in [0.4, 0.5) is 0 Å². The number of amides is 1. The number of furan rings is 1. The molecule has 0 aromatic carbocycles. The Morgan fingerprint density at radius 1 is 1.71 bits per heavy atom. The molecular formula is C10H15N2O2+. The van der Waals surface area contributed by atoms with Crippen LogP contribution in [0.25, 0.3) is 0 Å². The molecule has 1 aromatic heterocycles. The van der Waals surface area contributed by atoms with Gasteiger partial charge >= 0.3 is 5.91 Å². The first kappa shape index (κ1) is 10.5. The van der Waals surface area contributed by atoms with E-state index in [9.17, 15) is 4.79 Å². The van der Waals surface area contributed by atoms with E-state index < -0.39 is 0 Å². The molecule has 4 heteroatoms. The lowest BCUT2D eigenvalue weighted by molar-refractivity contribution is -0.919. The van der Waals surface area contributed by atoms with Crippen molar-refractivity contribution in [3.8, 4) is 0 Å². The fraction of sp³-hybridized carbons (Fsp3) is 0.300. The summed E-state index contributed by atoms with van der Waals surface area (Å²) in [5.41, 5.74) is 2.79. The quantitative estimate of drug-likeness (QED) is 0.445. The molecular weight excluding hydrogens is 180 g/mol. The number of likely N-dealkylation sites (N-methyl/N-ethyl adjacent to an activating group) is 1. The van der Waals surface area contributed by atoms with Gasteiger partial charge in [0.05, 0.1) is 20.4 Å². The molecule has 0 atom stereocenters. The molecule has 1 rings (SSSR count). The minimum Gasteiger partial charge on any atom is -0.459 e. The van der Waals surface area contributed by atoms with Crippen LogP contribution >= 0.6 is 0 Å². The Hall–Kier alpha value is -1.55. The van der Waals surface area contributed by atoms with E-state index in [1.54, 1.807) is 18.2 Å². The second-order valence-electron chi connectivity index (χ2n) is 3.57. The van der Waals surface area contributed by atoms with Gasteiger partial charge in [0.1, 0.15) is 6.54 Å². The fourth-order valence-electron chi connectivity index (χ4n) is 1.11. The first-order chi connectivity index (χ1) is 6.55. The first-order valence-corrected chi connectivity index (χ1v) is 4.35. The Labute approximate surface area is 83.4 Å². The molecule has 0 aliphatic heterocycles. The lowest BCUT2D eigenvalue weighted by Crippen LogP contribution is -2.54. The van der Waals surface area contributed by atoms with Gasteiger partial charge < -0.3 is 4.42 Å². The summed E-state index contributed by atoms with van der Waals surface area (Å²) in [4.78, 5) is 11.5. The van der Waals surface area contributed by atoms with Crippen molar-refractivity contribution >= 4 is 5.91 Å². The standard InChI is InChI=1S/C10H14N2O2/c1-4-7-12(2,3)11-10(13)9-6-5-8-14-9/h4-6,8H,1,7H2,2-3H3/p+1. The van der Waals surface area contributed by atoms with Gasteiger partial charge in [0, 0.05) is 0 Å². The van der Waals surface area contributed by atoms with Crippen molar-refractivity contribution < 1.29 is 13.8 Å². The Morgan fingerprint density at radius 3 is 2.93 bits per heavy atom. The Kier molecular flexibility index (Phi) is 3.09. The smallest absolute Gasteiger partial charge is 0.331 e. The zero-order chi connectivity index (χ0) is 10.6. The second kappa shape index (κ2) is 4.11. The van der Waals surface area contributed by atoms with Crippen molar-refractivity contribution in [2.45, 2.75) is 0 Å². The summed E-state index contributed by atoms with van der Waals surface area (Å²) in [5.74, 6) is 0.0992. The molecule has 4 nitrogen and oxygen atoms in total. The Bertz CT molecular complexity index is 315. The summed E-state index contributed by atoms with van der Waals surface area (Å²) >= 11 is 0. The van der Waals surface area contributed by atoms with Gasteiger partial charge in [-0.25, -0.2) is 4.59 Å². The number of carbonyl (C=O) groups excluding carboxylic acids is 1. The molecule has 0 unspecified atom stereocenters. The lowest BCUT2D eigenvalue weighted by atomic mass is 10.4. The lowest BCUT2D eigenvalue weighted by Gasteiger charge is -2.26. The van der Waals surface area contributed by atoms with Crippen molar-refractivity contribution in [1.29, 1.82) is 0 Å². The summed E-state index contributed by atoms with van der Waals surface area (Å²) in [6.45, 7) is 4.28. The van der Waals surface area contributed by atoms with Gasteiger partial charge in [-0.05, 0) is 18.2 Å². The van der Waals surface area contributed by atoms with Crippen molar-refractivity contribution in [2.24, 2.45) is 0 Å². The van der Waals surface area contributed by atoms with E-state index in [1.807, 2.05) is 14.1 Å². The van der Waals surface area contributed by atoms with Crippen LogP contribution in [0, 0.1) is 0 Å². The van der Waals surface area contributed by atoms with E-state index in [4.69, 9.17) is 4.42 Å².